The van der Waals surface area contributed by atoms with Crippen molar-refractivity contribution in [1.82, 2.24) is 4.90 Å². The molecule has 1 atom stereocenters. The van der Waals surface area contributed by atoms with Crippen molar-refractivity contribution >= 4 is 11.6 Å². The van der Waals surface area contributed by atoms with Crippen molar-refractivity contribution in [3.8, 4) is 0 Å². The lowest BCUT2D eigenvalue weighted by molar-refractivity contribution is 0.166. The maximum atomic E-state index is 6.42. The Bertz CT molecular complexity index is 493. The van der Waals surface area contributed by atoms with Gasteiger partial charge >= 0.3 is 0 Å². The van der Waals surface area contributed by atoms with E-state index >= 15 is 0 Å². The predicted molar refractivity (Wildman–Crippen MR) is 79.4 cm³/mol. The van der Waals surface area contributed by atoms with Gasteiger partial charge < -0.3 is 9.64 Å². The van der Waals surface area contributed by atoms with E-state index < -0.39 is 0 Å². The van der Waals surface area contributed by atoms with Gasteiger partial charge in [0.05, 0.1) is 5.92 Å². The summed E-state index contributed by atoms with van der Waals surface area (Å²) < 4.78 is 5.92. The first-order chi connectivity index (χ1) is 9.13. The molecule has 0 saturated carbocycles. The molecule has 1 aromatic carbocycles. The Morgan fingerprint density at radius 3 is 2.58 bits per heavy atom. The largest absolute Gasteiger partial charge is 0.491 e. The molecule has 2 nitrogen and oxygen atoms in total. The van der Waals surface area contributed by atoms with Gasteiger partial charge in [0.2, 0.25) is 0 Å². The highest BCUT2D eigenvalue weighted by molar-refractivity contribution is 6.30. The highest BCUT2D eigenvalue weighted by Crippen LogP contribution is 2.34. The second-order valence-electron chi connectivity index (χ2n) is 4.79. The molecule has 0 aromatic heterocycles. The second-order valence-corrected chi connectivity index (χ2v) is 5.19. The molecule has 1 aliphatic rings. The Morgan fingerprint density at radius 2 is 1.95 bits per heavy atom. The predicted octanol–water partition coefficient (Wildman–Crippen LogP) is 4.49. The summed E-state index contributed by atoms with van der Waals surface area (Å²) in [5.41, 5.74) is 2.33. The molecule has 0 bridgehead atoms. The molecule has 2 rings (SSSR count). The molecule has 1 aliphatic heterocycles. The Labute approximate surface area is 120 Å². The maximum absolute atomic E-state index is 6.42. The minimum absolute atomic E-state index is 0.136. The fourth-order valence-electron chi connectivity index (χ4n) is 2.25. The van der Waals surface area contributed by atoms with Crippen molar-refractivity contribution in [2.24, 2.45) is 5.92 Å². The quantitative estimate of drug-likeness (QED) is 0.804. The molecule has 0 radical (unpaired) electrons. The summed E-state index contributed by atoms with van der Waals surface area (Å²) >= 11 is 6.42. The molecule has 0 spiro atoms. The minimum Gasteiger partial charge on any atom is -0.491 e. The first-order valence-corrected chi connectivity index (χ1v) is 7.01. The molecular weight excluding hydrogens is 258 g/mol. The Morgan fingerprint density at radius 1 is 1.26 bits per heavy atom. The normalized spacial score (nSPS) is 19.5. The molecule has 1 aromatic rings. The van der Waals surface area contributed by atoms with Crippen LogP contribution in [0.1, 0.15) is 25.8 Å². The number of hydrogen-bond acceptors (Lipinski definition) is 2. The smallest absolute Gasteiger partial charge is 0.121 e. The van der Waals surface area contributed by atoms with Crippen molar-refractivity contribution in [2.45, 2.75) is 26.9 Å². The molecule has 1 unspecified atom stereocenters. The molecule has 0 amide bonds. The number of rotatable bonds is 4. The molecule has 0 N–H and O–H groups in total. The van der Waals surface area contributed by atoms with E-state index in [0.717, 1.165) is 17.2 Å². The van der Waals surface area contributed by atoms with Crippen molar-refractivity contribution in [3.63, 3.8) is 0 Å². The van der Waals surface area contributed by atoms with Crippen LogP contribution in [-0.2, 0) is 11.3 Å². The van der Waals surface area contributed by atoms with Crippen molar-refractivity contribution in [2.75, 3.05) is 7.05 Å². The third-order valence-electron chi connectivity index (χ3n) is 3.41. The van der Waals surface area contributed by atoms with Gasteiger partial charge in [0.25, 0.3) is 0 Å². The van der Waals surface area contributed by atoms with E-state index in [-0.39, 0.29) is 5.92 Å². The average molecular weight is 278 g/mol. The molecule has 1 heterocycles. The van der Waals surface area contributed by atoms with Gasteiger partial charge in [-0.05, 0) is 12.0 Å². The topological polar surface area (TPSA) is 12.5 Å². The molecule has 19 heavy (non-hydrogen) atoms. The van der Waals surface area contributed by atoms with Gasteiger partial charge in [-0.3, -0.25) is 0 Å². The summed E-state index contributed by atoms with van der Waals surface area (Å²) in [6.45, 7) is 4.78. The molecule has 0 fully saturated rings. The van der Waals surface area contributed by atoms with Gasteiger partial charge in [0.15, 0.2) is 0 Å². The summed E-state index contributed by atoms with van der Waals surface area (Å²) in [5.74, 6) is 1.06. The standard InChI is InChI=1S/C16H20ClNO/c1-4-14-16(17)12(2)15(10-18(14)3)19-11-13-8-6-5-7-9-13/h5-10,12H,4,11H2,1-3H3. The minimum atomic E-state index is 0.136. The summed E-state index contributed by atoms with van der Waals surface area (Å²) in [7, 11) is 2.01. The van der Waals surface area contributed by atoms with Crippen LogP contribution in [0.15, 0.2) is 53.0 Å². The first kappa shape index (κ1) is 14.0. The number of allylic oxidation sites excluding steroid dienone is 2. The van der Waals surface area contributed by atoms with Gasteiger partial charge in [-0.25, -0.2) is 0 Å². The van der Waals surface area contributed by atoms with Crippen LogP contribution in [0.3, 0.4) is 0 Å². The number of nitrogens with zero attached hydrogens (tertiary/aromatic N) is 1. The maximum Gasteiger partial charge on any atom is 0.121 e. The van der Waals surface area contributed by atoms with E-state index in [4.69, 9.17) is 16.3 Å². The van der Waals surface area contributed by atoms with Crippen LogP contribution >= 0.6 is 11.6 Å². The molecule has 0 aliphatic carbocycles. The number of benzene rings is 1. The van der Waals surface area contributed by atoms with E-state index in [1.54, 1.807) is 0 Å². The van der Waals surface area contributed by atoms with Gasteiger partial charge in [-0.1, -0.05) is 55.8 Å². The zero-order chi connectivity index (χ0) is 13.8. The fourth-order valence-corrected chi connectivity index (χ4v) is 2.62. The highest BCUT2D eigenvalue weighted by atomic mass is 35.5. The lowest BCUT2D eigenvalue weighted by Gasteiger charge is -2.30. The van der Waals surface area contributed by atoms with E-state index in [0.29, 0.717) is 6.61 Å². The summed E-state index contributed by atoms with van der Waals surface area (Å²) in [5, 5.41) is 0.885. The van der Waals surface area contributed by atoms with E-state index in [1.807, 2.05) is 31.4 Å². The van der Waals surface area contributed by atoms with Crippen LogP contribution in [-0.4, -0.2) is 11.9 Å². The van der Waals surface area contributed by atoms with Crippen LogP contribution in [0.4, 0.5) is 0 Å². The van der Waals surface area contributed by atoms with Crippen LogP contribution in [0, 0.1) is 5.92 Å². The number of ether oxygens (including phenoxy) is 1. The summed E-state index contributed by atoms with van der Waals surface area (Å²) in [4.78, 5) is 2.06. The van der Waals surface area contributed by atoms with Gasteiger partial charge in [0.1, 0.15) is 12.4 Å². The molecule has 3 heteroatoms. The number of halogens is 1. The van der Waals surface area contributed by atoms with Crippen LogP contribution < -0.4 is 0 Å². The van der Waals surface area contributed by atoms with Gasteiger partial charge in [-0.15, -0.1) is 0 Å². The third-order valence-corrected chi connectivity index (χ3v) is 3.96. The molecular formula is C16H20ClNO. The average Bonchev–Trinajstić information content (AvgIpc) is 2.43. The van der Waals surface area contributed by atoms with Crippen LogP contribution in [0.25, 0.3) is 0 Å². The zero-order valence-electron chi connectivity index (χ0n) is 11.7. The zero-order valence-corrected chi connectivity index (χ0v) is 12.4. The van der Waals surface area contributed by atoms with E-state index in [1.165, 1.54) is 11.3 Å². The van der Waals surface area contributed by atoms with E-state index in [2.05, 4.69) is 30.9 Å². The summed E-state index contributed by atoms with van der Waals surface area (Å²) in [6.07, 6.45) is 2.97. The second kappa shape index (κ2) is 6.16. The third kappa shape index (κ3) is 3.13. The molecule has 0 saturated heterocycles. The fraction of sp³-hybridized carbons (Fsp3) is 0.375. The van der Waals surface area contributed by atoms with Crippen LogP contribution in [0.5, 0.6) is 0 Å². The Hall–Kier alpha value is -1.41. The van der Waals surface area contributed by atoms with Crippen molar-refractivity contribution in [1.29, 1.82) is 0 Å². The van der Waals surface area contributed by atoms with Gasteiger partial charge in [-0.2, -0.15) is 0 Å². The van der Waals surface area contributed by atoms with Gasteiger partial charge in [0, 0.05) is 24.0 Å². The SMILES string of the molecule is CCC1=C(Cl)C(C)C(OCc2ccccc2)=CN1C. The summed E-state index contributed by atoms with van der Waals surface area (Å²) in [6, 6.07) is 10.2. The monoisotopic (exact) mass is 277 g/mol. The Kier molecular flexibility index (Phi) is 4.54. The Balaban J connectivity index is 2.06. The van der Waals surface area contributed by atoms with Crippen molar-refractivity contribution < 1.29 is 4.74 Å². The van der Waals surface area contributed by atoms with Crippen LogP contribution in [0.2, 0.25) is 0 Å². The first-order valence-electron chi connectivity index (χ1n) is 6.63. The highest BCUT2D eigenvalue weighted by Gasteiger charge is 2.24. The number of hydrogen-bond donors (Lipinski definition) is 0. The van der Waals surface area contributed by atoms with E-state index in [9.17, 15) is 0 Å². The lowest BCUT2D eigenvalue weighted by atomic mass is 10.0. The van der Waals surface area contributed by atoms with Crippen molar-refractivity contribution in [3.05, 3.63) is 58.6 Å². The molecule has 102 valence electrons. The lowest BCUT2D eigenvalue weighted by Crippen LogP contribution is -2.22.